The Bertz CT molecular complexity index is 619. The first-order chi connectivity index (χ1) is 9.10. The summed E-state index contributed by atoms with van der Waals surface area (Å²) in [6, 6.07) is 6.22. The Morgan fingerprint density at radius 3 is 2.84 bits per heavy atom. The Hall–Kier alpha value is -1.95. The molecule has 0 radical (unpaired) electrons. The average Bonchev–Trinajstić information content (AvgIpc) is 2.38. The number of methoxy groups -OCH3 is 1. The van der Waals surface area contributed by atoms with Gasteiger partial charge in [-0.3, -0.25) is 9.19 Å². The second kappa shape index (κ2) is 5.79. The lowest BCUT2D eigenvalue weighted by Crippen LogP contribution is -2.01. The van der Waals surface area contributed by atoms with Gasteiger partial charge >= 0.3 is 0 Å². The minimum absolute atomic E-state index is 0.172. The lowest BCUT2D eigenvalue weighted by Gasteiger charge is -2.09. The fraction of sp³-hybridized carbons (Fsp3) is 0.154. The molecular formula is C13H13FN2O2S. The van der Waals surface area contributed by atoms with E-state index in [1.54, 1.807) is 18.2 Å². The first-order valence-electron chi connectivity index (χ1n) is 5.51. The number of halogens is 1. The SMILES string of the molecule is COc1cc(N)ccc1S(=O)Cc1cncc(F)c1. The van der Waals surface area contributed by atoms with Crippen molar-refractivity contribution in [3.8, 4) is 5.75 Å². The molecule has 0 aliphatic heterocycles. The van der Waals surface area contributed by atoms with E-state index in [-0.39, 0.29) is 5.75 Å². The summed E-state index contributed by atoms with van der Waals surface area (Å²) in [7, 11) is 0.136. The molecule has 0 amide bonds. The molecule has 0 spiro atoms. The van der Waals surface area contributed by atoms with E-state index in [2.05, 4.69) is 4.98 Å². The number of hydrogen-bond donors (Lipinski definition) is 1. The standard InChI is InChI=1S/C13H13FN2O2S/c1-18-12-5-11(15)2-3-13(12)19(17)8-9-4-10(14)7-16-6-9/h2-7H,8,15H2,1H3. The number of nitrogen functional groups attached to an aromatic ring is 1. The summed E-state index contributed by atoms with van der Waals surface area (Å²) in [4.78, 5) is 4.26. The predicted molar refractivity (Wildman–Crippen MR) is 71.7 cm³/mol. The molecule has 1 aromatic heterocycles. The molecule has 1 heterocycles. The van der Waals surface area contributed by atoms with E-state index < -0.39 is 16.6 Å². The zero-order valence-electron chi connectivity index (χ0n) is 10.3. The number of rotatable bonds is 4. The minimum Gasteiger partial charge on any atom is -0.495 e. The lowest BCUT2D eigenvalue weighted by atomic mass is 10.3. The second-order valence-electron chi connectivity index (χ2n) is 3.91. The van der Waals surface area contributed by atoms with Crippen LogP contribution in [-0.2, 0) is 16.6 Å². The predicted octanol–water partition coefficient (Wildman–Crippen LogP) is 2.12. The summed E-state index contributed by atoms with van der Waals surface area (Å²) in [5.41, 5.74) is 6.74. The minimum atomic E-state index is -1.35. The van der Waals surface area contributed by atoms with E-state index in [0.29, 0.717) is 21.9 Å². The summed E-state index contributed by atoms with van der Waals surface area (Å²) in [5, 5.41) is 0. The first kappa shape index (κ1) is 13.5. The number of ether oxygens (including phenoxy) is 1. The lowest BCUT2D eigenvalue weighted by molar-refractivity contribution is 0.404. The van der Waals surface area contributed by atoms with Gasteiger partial charge in [-0.05, 0) is 23.8 Å². The van der Waals surface area contributed by atoms with Crippen LogP contribution in [0.25, 0.3) is 0 Å². The second-order valence-corrected chi connectivity index (χ2v) is 5.33. The quantitative estimate of drug-likeness (QED) is 0.871. The van der Waals surface area contributed by atoms with E-state index in [9.17, 15) is 8.60 Å². The van der Waals surface area contributed by atoms with Gasteiger partial charge in [0.05, 0.1) is 34.8 Å². The van der Waals surface area contributed by atoms with Crippen molar-refractivity contribution < 1.29 is 13.3 Å². The van der Waals surface area contributed by atoms with Crippen LogP contribution in [0.4, 0.5) is 10.1 Å². The number of aromatic nitrogens is 1. The van der Waals surface area contributed by atoms with Crippen molar-refractivity contribution in [2.24, 2.45) is 0 Å². The largest absolute Gasteiger partial charge is 0.495 e. The van der Waals surface area contributed by atoms with Crippen LogP contribution >= 0.6 is 0 Å². The number of nitrogens with zero attached hydrogens (tertiary/aromatic N) is 1. The van der Waals surface area contributed by atoms with Crippen LogP contribution in [0.1, 0.15) is 5.56 Å². The van der Waals surface area contributed by atoms with Gasteiger partial charge in [-0.15, -0.1) is 0 Å². The maximum absolute atomic E-state index is 13.0. The molecule has 0 saturated carbocycles. The molecule has 6 heteroatoms. The third-order valence-electron chi connectivity index (χ3n) is 2.49. The topological polar surface area (TPSA) is 65.2 Å². The van der Waals surface area contributed by atoms with Gasteiger partial charge < -0.3 is 10.5 Å². The summed E-state index contributed by atoms with van der Waals surface area (Å²) >= 11 is 0. The van der Waals surface area contributed by atoms with Gasteiger partial charge in [-0.2, -0.15) is 0 Å². The molecular weight excluding hydrogens is 267 g/mol. The van der Waals surface area contributed by atoms with E-state index >= 15 is 0 Å². The highest BCUT2D eigenvalue weighted by Gasteiger charge is 2.12. The molecule has 0 fully saturated rings. The number of anilines is 1. The Balaban J connectivity index is 2.25. The Kier molecular flexibility index (Phi) is 4.11. The van der Waals surface area contributed by atoms with Gasteiger partial charge in [0.15, 0.2) is 0 Å². The molecule has 4 nitrogen and oxygen atoms in total. The molecule has 0 saturated heterocycles. The summed E-state index contributed by atoms with van der Waals surface area (Å²) in [6.45, 7) is 0. The summed E-state index contributed by atoms with van der Waals surface area (Å²) in [6.07, 6.45) is 2.60. The van der Waals surface area contributed by atoms with Crippen molar-refractivity contribution in [1.29, 1.82) is 0 Å². The van der Waals surface area contributed by atoms with Gasteiger partial charge in [-0.25, -0.2) is 4.39 Å². The average molecular weight is 280 g/mol. The third kappa shape index (κ3) is 3.29. The highest BCUT2D eigenvalue weighted by molar-refractivity contribution is 7.84. The molecule has 1 unspecified atom stereocenters. The molecule has 100 valence electrons. The summed E-state index contributed by atoms with van der Waals surface area (Å²) in [5.74, 6) is 0.187. The zero-order valence-corrected chi connectivity index (χ0v) is 11.1. The number of benzene rings is 1. The van der Waals surface area contributed by atoms with Crippen molar-refractivity contribution >= 4 is 16.5 Å². The number of hydrogen-bond acceptors (Lipinski definition) is 4. The van der Waals surface area contributed by atoms with Crippen LogP contribution in [0, 0.1) is 5.82 Å². The van der Waals surface area contributed by atoms with Gasteiger partial charge in [0, 0.05) is 18.0 Å². The van der Waals surface area contributed by atoms with Crippen LogP contribution in [0.2, 0.25) is 0 Å². The first-order valence-corrected chi connectivity index (χ1v) is 6.83. The van der Waals surface area contributed by atoms with Crippen molar-refractivity contribution in [2.45, 2.75) is 10.6 Å². The third-order valence-corrected chi connectivity index (χ3v) is 3.92. The number of pyridine rings is 1. The van der Waals surface area contributed by atoms with Gasteiger partial charge in [0.25, 0.3) is 0 Å². The fourth-order valence-corrected chi connectivity index (χ4v) is 2.84. The Morgan fingerprint density at radius 2 is 2.16 bits per heavy atom. The molecule has 0 bridgehead atoms. The normalized spacial score (nSPS) is 12.1. The molecule has 0 aliphatic carbocycles. The van der Waals surface area contributed by atoms with E-state index in [4.69, 9.17) is 10.5 Å². The Labute approximate surface area is 112 Å². The summed E-state index contributed by atoms with van der Waals surface area (Å²) < 4.78 is 30.4. The van der Waals surface area contributed by atoms with Crippen molar-refractivity contribution in [2.75, 3.05) is 12.8 Å². The van der Waals surface area contributed by atoms with Gasteiger partial charge in [-0.1, -0.05) is 0 Å². The maximum atomic E-state index is 13.0. The van der Waals surface area contributed by atoms with Crippen LogP contribution in [0.5, 0.6) is 5.75 Å². The molecule has 1 atom stereocenters. The smallest absolute Gasteiger partial charge is 0.141 e. The van der Waals surface area contributed by atoms with Crippen LogP contribution in [0.3, 0.4) is 0 Å². The molecule has 0 aliphatic rings. The van der Waals surface area contributed by atoms with Crippen LogP contribution < -0.4 is 10.5 Å². The van der Waals surface area contributed by atoms with Gasteiger partial charge in [0.1, 0.15) is 11.6 Å². The van der Waals surface area contributed by atoms with Crippen molar-refractivity contribution in [3.05, 3.63) is 48.0 Å². The molecule has 2 N–H and O–H groups in total. The molecule has 2 aromatic rings. The monoisotopic (exact) mass is 280 g/mol. The molecule has 19 heavy (non-hydrogen) atoms. The highest BCUT2D eigenvalue weighted by atomic mass is 32.2. The Morgan fingerprint density at radius 1 is 1.37 bits per heavy atom. The zero-order chi connectivity index (χ0) is 13.8. The fourth-order valence-electron chi connectivity index (χ4n) is 1.64. The highest BCUT2D eigenvalue weighted by Crippen LogP contribution is 2.26. The van der Waals surface area contributed by atoms with Crippen molar-refractivity contribution in [1.82, 2.24) is 4.98 Å². The van der Waals surface area contributed by atoms with Crippen LogP contribution in [-0.4, -0.2) is 16.3 Å². The molecule has 1 aromatic carbocycles. The maximum Gasteiger partial charge on any atom is 0.141 e. The van der Waals surface area contributed by atoms with E-state index in [1.165, 1.54) is 19.4 Å². The van der Waals surface area contributed by atoms with E-state index in [1.807, 2.05) is 0 Å². The number of nitrogens with two attached hydrogens (primary N) is 1. The van der Waals surface area contributed by atoms with Gasteiger partial charge in [0.2, 0.25) is 0 Å². The van der Waals surface area contributed by atoms with Crippen molar-refractivity contribution in [3.63, 3.8) is 0 Å². The van der Waals surface area contributed by atoms with E-state index in [0.717, 1.165) is 6.20 Å². The molecule has 2 rings (SSSR count). The van der Waals surface area contributed by atoms with Crippen LogP contribution in [0.15, 0.2) is 41.6 Å².